The van der Waals surface area contributed by atoms with Gasteiger partial charge >= 0.3 is 12.6 Å². The Hall–Kier alpha value is -2.67. The summed E-state index contributed by atoms with van der Waals surface area (Å²) >= 11 is 0. The van der Waals surface area contributed by atoms with E-state index in [0.29, 0.717) is 6.42 Å². The van der Waals surface area contributed by atoms with E-state index >= 15 is 0 Å². The number of nitrogens with two attached hydrogens (primary N) is 1. The van der Waals surface area contributed by atoms with Crippen molar-refractivity contribution < 1.29 is 28.2 Å². The first kappa shape index (κ1) is 17.7. The highest BCUT2D eigenvalue weighted by atomic mass is 19.3. The number of hydrogen-bond donors (Lipinski definition) is 2. The van der Waals surface area contributed by atoms with Gasteiger partial charge in [-0.3, -0.25) is 0 Å². The van der Waals surface area contributed by atoms with Crippen LogP contribution in [0.4, 0.5) is 8.78 Å². The zero-order valence-electron chi connectivity index (χ0n) is 12.7. The first-order valence-corrected chi connectivity index (χ1v) is 7.20. The lowest BCUT2D eigenvalue weighted by atomic mass is 10.1. The van der Waals surface area contributed by atoms with Crippen molar-refractivity contribution in [2.24, 2.45) is 5.73 Å². The van der Waals surface area contributed by atoms with Crippen LogP contribution >= 0.6 is 0 Å². The molecule has 0 saturated carbocycles. The molecule has 0 spiro atoms. The van der Waals surface area contributed by atoms with Gasteiger partial charge in [0.05, 0.1) is 0 Å². The highest BCUT2D eigenvalue weighted by molar-refractivity contribution is 5.94. The second-order valence-electron chi connectivity index (χ2n) is 5.07. The second-order valence-corrected chi connectivity index (χ2v) is 5.07. The van der Waals surface area contributed by atoms with E-state index in [-0.39, 0.29) is 18.4 Å². The highest BCUT2D eigenvalue weighted by Gasteiger charge is 2.21. The van der Waals surface area contributed by atoms with E-state index in [4.69, 9.17) is 10.5 Å². The van der Waals surface area contributed by atoms with Crippen molar-refractivity contribution in [1.82, 2.24) is 0 Å². The lowest BCUT2D eigenvalue weighted by Gasteiger charge is -2.16. The van der Waals surface area contributed by atoms with Gasteiger partial charge in [-0.15, -0.1) is 0 Å². The molecule has 0 unspecified atom stereocenters. The zero-order chi connectivity index (χ0) is 17.5. The number of hydrogen-bond acceptors (Lipinski definition) is 4. The van der Waals surface area contributed by atoms with Crippen LogP contribution in [0.3, 0.4) is 0 Å². The number of ether oxygens (including phenoxy) is 2. The monoisotopic (exact) mass is 337 g/mol. The van der Waals surface area contributed by atoms with Crippen LogP contribution in [-0.2, 0) is 6.42 Å². The maximum Gasteiger partial charge on any atom is 0.387 e. The number of carbonyl (C=O) groups is 1. The summed E-state index contributed by atoms with van der Waals surface area (Å²) in [5.74, 6) is -1.94. The van der Waals surface area contributed by atoms with Crippen LogP contribution in [-0.4, -0.2) is 30.3 Å². The van der Waals surface area contributed by atoms with Crippen LogP contribution in [0.2, 0.25) is 0 Å². The summed E-state index contributed by atoms with van der Waals surface area (Å²) in [7, 11) is 0. The first-order valence-electron chi connectivity index (χ1n) is 7.20. The lowest BCUT2D eigenvalue weighted by Crippen LogP contribution is -2.30. The van der Waals surface area contributed by atoms with Crippen LogP contribution < -0.4 is 15.2 Å². The van der Waals surface area contributed by atoms with Crippen molar-refractivity contribution in [1.29, 1.82) is 0 Å². The molecule has 0 radical (unpaired) electrons. The molecule has 24 heavy (non-hydrogen) atoms. The van der Waals surface area contributed by atoms with Gasteiger partial charge in [0.2, 0.25) is 0 Å². The Kier molecular flexibility index (Phi) is 6.08. The number of rotatable bonds is 8. The molecule has 7 heteroatoms. The minimum absolute atomic E-state index is 0.0350. The average molecular weight is 337 g/mol. The Bertz CT molecular complexity index is 680. The number of halogens is 2. The van der Waals surface area contributed by atoms with Crippen molar-refractivity contribution in [3.8, 4) is 11.5 Å². The number of benzene rings is 2. The molecular formula is C17H17F2NO4. The molecule has 0 heterocycles. The van der Waals surface area contributed by atoms with Gasteiger partial charge in [0.1, 0.15) is 23.7 Å². The summed E-state index contributed by atoms with van der Waals surface area (Å²) < 4.78 is 34.4. The van der Waals surface area contributed by atoms with E-state index in [0.717, 1.165) is 11.6 Å². The standard InChI is InChI=1S/C17H17F2NO4/c18-17(19)24-14-8-4-7-13(15(14)16(21)22)23-10-12(20)9-11-5-2-1-3-6-11/h1-8,12,17H,9-10,20H2,(H,21,22)/t12-/m1/s1. The summed E-state index contributed by atoms with van der Waals surface area (Å²) in [6.45, 7) is -3.09. The third kappa shape index (κ3) is 4.92. The van der Waals surface area contributed by atoms with Gasteiger partial charge < -0.3 is 20.3 Å². The van der Waals surface area contributed by atoms with Crippen LogP contribution in [0.1, 0.15) is 15.9 Å². The Morgan fingerprint density at radius 3 is 2.38 bits per heavy atom. The van der Waals surface area contributed by atoms with Crippen LogP contribution in [0.25, 0.3) is 0 Å². The van der Waals surface area contributed by atoms with Crippen molar-refractivity contribution in [2.75, 3.05) is 6.61 Å². The molecule has 2 aromatic rings. The van der Waals surface area contributed by atoms with Gasteiger partial charge in [-0.05, 0) is 24.1 Å². The van der Waals surface area contributed by atoms with Gasteiger partial charge in [0.15, 0.2) is 0 Å². The van der Waals surface area contributed by atoms with Crippen molar-refractivity contribution in [3.63, 3.8) is 0 Å². The van der Waals surface area contributed by atoms with E-state index in [2.05, 4.69) is 4.74 Å². The summed E-state index contributed by atoms with van der Waals surface area (Å²) in [5, 5.41) is 9.22. The average Bonchev–Trinajstić information content (AvgIpc) is 2.53. The third-order valence-electron chi connectivity index (χ3n) is 3.21. The van der Waals surface area contributed by atoms with Gasteiger partial charge in [-0.2, -0.15) is 8.78 Å². The number of aromatic carboxylic acids is 1. The largest absolute Gasteiger partial charge is 0.491 e. The molecule has 0 saturated heterocycles. The highest BCUT2D eigenvalue weighted by Crippen LogP contribution is 2.29. The molecule has 2 rings (SSSR count). The van der Waals surface area contributed by atoms with Gasteiger partial charge in [0.25, 0.3) is 0 Å². The maximum absolute atomic E-state index is 12.4. The Balaban J connectivity index is 2.07. The predicted octanol–water partition coefficient (Wildman–Crippen LogP) is 2.94. The van der Waals surface area contributed by atoms with E-state index < -0.39 is 23.9 Å². The van der Waals surface area contributed by atoms with E-state index in [1.165, 1.54) is 12.1 Å². The molecular weight excluding hydrogens is 320 g/mol. The number of alkyl halides is 2. The fraction of sp³-hybridized carbons (Fsp3) is 0.235. The topological polar surface area (TPSA) is 81.8 Å². The van der Waals surface area contributed by atoms with Crippen LogP contribution in [0.5, 0.6) is 11.5 Å². The van der Waals surface area contributed by atoms with E-state index in [9.17, 15) is 18.7 Å². The Labute approximate surface area is 137 Å². The first-order chi connectivity index (χ1) is 11.5. The van der Waals surface area contributed by atoms with Gasteiger partial charge in [-0.25, -0.2) is 4.79 Å². The summed E-state index contributed by atoms with van der Waals surface area (Å²) in [5.41, 5.74) is 6.54. The summed E-state index contributed by atoms with van der Waals surface area (Å²) in [6, 6.07) is 13.0. The molecule has 5 nitrogen and oxygen atoms in total. The molecule has 0 amide bonds. The molecule has 0 bridgehead atoms. The number of carboxylic acid groups (broad SMARTS) is 1. The summed E-state index contributed by atoms with van der Waals surface area (Å²) in [4.78, 5) is 11.3. The van der Waals surface area contributed by atoms with Crippen molar-refractivity contribution in [3.05, 3.63) is 59.7 Å². The fourth-order valence-corrected chi connectivity index (χ4v) is 2.21. The smallest absolute Gasteiger partial charge is 0.387 e. The van der Waals surface area contributed by atoms with Crippen LogP contribution in [0.15, 0.2) is 48.5 Å². The molecule has 1 atom stereocenters. The minimum atomic E-state index is -3.13. The molecule has 0 aliphatic carbocycles. The normalized spacial score (nSPS) is 12.0. The third-order valence-corrected chi connectivity index (χ3v) is 3.21. The second kappa shape index (κ2) is 8.26. The molecule has 0 aromatic heterocycles. The van der Waals surface area contributed by atoms with Crippen molar-refractivity contribution in [2.45, 2.75) is 19.1 Å². The minimum Gasteiger partial charge on any atom is -0.491 e. The van der Waals surface area contributed by atoms with Gasteiger partial charge in [0, 0.05) is 6.04 Å². The molecule has 0 aliphatic heterocycles. The Morgan fingerprint density at radius 1 is 1.08 bits per heavy atom. The lowest BCUT2D eigenvalue weighted by molar-refractivity contribution is -0.0504. The maximum atomic E-state index is 12.4. The van der Waals surface area contributed by atoms with Crippen molar-refractivity contribution >= 4 is 5.97 Å². The summed E-state index contributed by atoms with van der Waals surface area (Å²) in [6.07, 6.45) is 0.538. The molecule has 3 N–H and O–H groups in total. The SMILES string of the molecule is N[C@@H](COc1cccc(OC(F)F)c1C(=O)O)Cc1ccccc1. The zero-order valence-corrected chi connectivity index (χ0v) is 12.7. The molecule has 128 valence electrons. The quantitative estimate of drug-likeness (QED) is 0.774. The molecule has 0 fully saturated rings. The Morgan fingerprint density at radius 2 is 1.75 bits per heavy atom. The van der Waals surface area contributed by atoms with E-state index in [1.54, 1.807) is 0 Å². The predicted molar refractivity (Wildman–Crippen MR) is 83.6 cm³/mol. The molecule has 2 aromatic carbocycles. The fourth-order valence-electron chi connectivity index (χ4n) is 2.21. The van der Waals surface area contributed by atoms with E-state index in [1.807, 2.05) is 30.3 Å². The van der Waals surface area contributed by atoms with Crippen LogP contribution in [0, 0.1) is 0 Å². The molecule has 0 aliphatic rings. The number of carboxylic acids is 1. The van der Waals surface area contributed by atoms with Gasteiger partial charge in [-0.1, -0.05) is 36.4 Å².